The van der Waals surface area contributed by atoms with E-state index in [0.29, 0.717) is 12.1 Å². The van der Waals surface area contributed by atoms with Gasteiger partial charge in [0.25, 0.3) is 0 Å². The molecule has 0 aromatic carbocycles. The summed E-state index contributed by atoms with van der Waals surface area (Å²) in [6, 6.07) is 5.48. The highest BCUT2D eigenvalue weighted by molar-refractivity contribution is 5.46. The molecule has 1 aromatic rings. The van der Waals surface area contributed by atoms with E-state index in [-0.39, 0.29) is 0 Å². The summed E-state index contributed by atoms with van der Waals surface area (Å²) in [5, 5.41) is 3.43. The van der Waals surface area contributed by atoms with Crippen LogP contribution in [0.1, 0.15) is 32.4 Å². The van der Waals surface area contributed by atoms with E-state index < -0.39 is 0 Å². The van der Waals surface area contributed by atoms with Gasteiger partial charge in [-0.3, -0.25) is 4.98 Å². The second-order valence-corrected chi connectivity index (χ2v) is 6.19. The minimum atomic E-state index is 0.493. The third kappa shape index (κ3) is 4.18. The number of nitrogens with one attached hydrogen (secondary N) is 1. The molecule has 2 heterocycles. The first-order valence-corrected chi connectivity index (χ1v) is 7.66. The average Bonchev–Trinajstić information content (AvgIpc) is 2.45. The number of rotatable bonds is 5. The molecule has 0 bridgehead atoms. The van der Waals surface area contributed by atoms with Gasteiger partial charge in [0.15, 0.2) is 0 Å². The van der Waals surface area contributed by atoms with E-state index in [2.05, 4.69) is 60.2 Å². The summed E-state index contributed by atoms with van der Waals surface area (Å²) in [5.41, 5.74) is 2.41. The SMILES string of the molecule is CC(C)NCc1cc(N(C)C2CCN(C)CC2)ccn1. The molecule has 1 aliphatic heterocycles. The van der Waals surface area contributed by atoms with E-state index in [1.54, 1.807) is 0 Å². The standard InChI is InChI=1S/C16H28N4/c1-13(2)18-12-14-11-16(5-8-17-14)20(4)15-6-9-19(3)10-7-15/h5,8,11,13,15,18H,6-7,9-10,12H2,1-4H3. The predicted octanol–water partition coefficient (Wildman–Crippen LogP) is 2.11. The fourth-order valence-corrected chi connectivity index (χ4v) is 2.68. The monoisotopic (exact) mass is 276 g/mol. The van der Waals surface area contributed by atoms with Gasteiger partial charge in [-0.05, 0) is 45.1 Å². The Morgan fingerprint density at radius 2 is 2.10 bits per heavy atom. The molecule has 0 amide bonds. The first kappa shape index (κ1) is 15.3. The van der Waals surface area contributed by atoms with Gasteiger partial charge >= 0.3 is 0 Å². The van der Waals surface area contributed by atoms with Gasteiger partial charge < -0.3 is 15.1 Å². The predicted molar refractivity (Wildman–Crippen MR) is 85.1 cm³/mol. The molecule has 1 saturated heterocycles. The van der Waals surface area contributed by atoms with Gasteiger partial charge in [-0.15, -0.1) is 0 Å². The molecule has 0 saturated carbocycles. The minimum Gasteiger partial charge on any atom is -0.371 e. The van der Waals surface area contributed by atoms with Crippen LogP contribution in [-0.2, 0) is 6.54 Å². The topological polar surface area (TPSA) is 31.4 Å². The maximum absolute atomic E-state index is 4.45. The number of anilines is 1. The molecule has 0 aliphatic carbocycles. The molecule has 112 valence electrons. The highest BCUT2D eigenvalue weighted by Crippen LogP contribution is 2.21. The molecule has 0 spiro atoms. The zero-order valence-electron chi connectivity index (χ0n) is 13.3. The fourth-order valence-electron chi connectivity index (χ4n) is 2.68. The van der Waals surface area contributed by atoms with Crippen molar-refractivity contribution in [1.29, 1.82) is 0 Å². The molecular weight excluding hydrogens is 248 g/mol. The van der Waals surface area contributed by atoms with Crippen LogP contribution in [0, 0.1) is 0 Å². The minimum absolute atomic E-state index is 0.493. The summed E-state index contributed by atoms with van der Waals surface area (Å²) in [7, 11) is 4.42. The first-order valence-electron chi connectivity index (χ1n) is 7.66. The number of pyridine rings is 1. The van der Waals surface area contributed by atoms with E-state index >= 15 is 0 Å². The molecule has 1 aliphatic rings. The maximum atomic E-state index is 4.45. The average molecular weight is 276 g/mol. The molecule has 4 heteroatoms. The Morgan fingerprint density at radius 1 is 1.40 bits per heavy atom. The molecule has 0 radical (unpaired) electrons. The number of hydrogen-bond acceptors (Lipinski definition) is 4. The molecule has 0 unspecified atom stereocenters. The van der Waals surface area contributed by atoms with Gasteiger partial charge in [0, 0.05) is 37.6 Å². The van der Waals surface area contributed by atoms with Gasteiger partial charge in [0.1, 0.15) is 0 Å². The van der Waals surface area contributed by atoms with Crippen molar-refractivity contribution in [2.45, 2.75) is 45.3 Å². The number of aromatic nitrogens is 1. The molecule has 4 nitrogen and oxygen atoms in total. The normalized spacial score (nSPS) is 17.6. The van der Waals surface area contributed by atoms with Gasteiger partial charge in [-0.25, -0.2) is 0 Å². The Labute approximate surface area is 123 Å². The number of hydrogen-bond donors (Lipinski definition) is 1. The Kier molecular flexibility index (Phi) is 5.38. The van der Waals surface area contributed by atoms with Gasteiger partial charge in [0.05, 0.1) is 5.69 Å². The van der Waals surface area contributed by atoms with Crippen LogP contribution in [0.25, 0.3) is 0 Å². The van der Waals surface area contributed by atoms with E-state index in [4.69, 9.17) is 0 Å². The highest BCUT2D eigenvalue weighted by Gasteiger charge is 2.20. The van der Waals surface area contributed by atoms with Crippen molar-refractivity contribution in [3.8, 4) is 0 Å². The molecular formula is C16H28N4. The van der Waals surface area contributed by atoms with Gasteiger partial charge in [-0.2, -0.15) is 0 Å². The molecule has 2 rings (SSSR count). The Bertz CT molecular complexity index is 411. The summed E-state index contributed by atoms with van der Waals surface area (Å²) in [5.74, 6) is 0. The summed E-state index contributed by atoms with van der Waals surface area (Å²) >= 11 is 0. The lowest BCUT2D eigenvalue weighted by Gasteiger charge is -2.36. The number of likely N-dealkylation sites (tertiary alicyclic amines) is 1. The van der Waals surface area contributed by atoms with Gasteiger partial charge in [0.2, 0.25) is 0 Å². The van der Waals surface area contributed by atoms with E-state index in [1.165, 1.54) is 31.6 Å². The smallest absolute Gasteiger partial charge is 0.0562 e. The Morgan fingerprint density at radius 3 is 2.75 bits per heavy atom. The molecule has 0 atom stereocenters. The van der Waals surface area contributed by atoms with Crippen molar-refractivity contribution >= 4 is 5.69 Å². The molecule has 1 N–H and O–H groups in total. The third-order valence-corrected chi connectivity index (χ3v) is 4.13. The zero-order valence-corrected chi connectivity index (χ0v) is 13.3. The van der Waals surface area contributed by atoms with Crippen molar-refractivity contribution in [2.75, 3.05) is 32.1 Å². The Hall–Kier alpha value is -1.13. The summed E-state index contributed by atoms with van der Waals surface area (Å²) in [6.45, 7) is 7.56. The van der Waals surface area contributed by atoms with Crippen LogP contribution < -0.4 is 10.2 Å². The largest absolute Gasteiger partial charge is 0.371 e. The third-order valence-electron chi connectivity index (χ3n) is 4.13. The molecule has 20 heavy (non-hydrogen) atoms. The van der Waals surface area contributed by atoms with Crippen molar-refractivity contribution in [1.82, 2.24) is 15.2 Å². The molecule has 1 aromatic heterocycles. The zero-order chi connectivity index (χ0) is 14.5. The molecule has 1 fully saturated rings. The van der Waals surface area contributed by atoms with Crippen LogP contribution in [0.15, 0.2) is 18.3 Å². The van der Waals surface area contributed by atoms with Gasteiger partial charge in [-0.1, -0.05) is 13.8 Å². The lowest BCUT2D eigenvalue weighted by molar-refractivity contribution is 0.253. The van der Waals surface area contributed by atoms with Crippen LogP contribution in [-0.4, -0.2) is 49.2 Å². The van der Waals surface area contributed by atoms with E-state index in [0.717, 1.165) is 12.2 Å². The van der Waals surface area contributed by atoms with Crippen molar-refractivity contribution in [3.05, 3.63) is 24.0 Å². The van der Waals surface area contributed by atoms with Crippen LogP contribution in [0.2, 0.25) is 0 Å². The second-order valence-electron chi connectivity index (χ2n) is 6.19. The Balaban J connectivity index is 1.98. The van der Waals surface area contributed by atoms with Crippen molar-refractivity contribution in [2.24, 2.45) is 0 Å². The van der Waals surface area contributed by atoms with Crippen LogP contribution in [0.5, 0.6) is 0 Å². The van der Waals surface area contributed by atoms with Crippen LogP contribution in [0.4, 0.5) is 5.69 Å². The number of piperidine rings is 1. The quantitative estimate of drug-likeness (QED) is 0.892. The lowest BCUT2D eigenvalue weighted by Crippen LogP contribution is -2.42. The number of nitrogens with zero attached hydrogens (tertiary/aromatic N) is 3. The first-order chi connectivity index (χ1) is 9.56. The fraction of sp³-hybridized carbons (Fsp3) is 0.688. The van der Waals surface area contributed by atoms with E-state index in [9.17, 15) is 0 Å². The van der Waals surface area contributed by atoms with Crippen LogP contribution in [0.3, 0.4) is 0 Å². The highest BCUT2D eigenvalue weighted by atomic mass is 15.2. The van der Waals surface area contributed by atoms with E-state index in [1.807, 2.05) is 6.20 Å². The summed E-state index contributed by atoms with van der Waals surface area (Å²) in [4.78, 5) is 9.29. The summed E-state index contributed by atoms with van der Waals surface area (Å²) in [6.07, 6.45) is 4.42. The lowest BCUT2D eigenvalue weighted by atomic mass is 10.0. The van der Waals surface area contributed by atoms with Crippen molar-refractivity contribution < 1.29 is 0 Å². The second kappa shape index (κ2) is 7.04. The van der Waals surface area contributed by atoms with Crippen LogP contribution >= 0.6 is 0 Å². The van der Waals surface area contributed by atoms with Crippen molar-refractivity contribution in [3.63, 3.8) is 0 Å². The summed E-state index contributed by atoms with van der Waals surface area (Å²) < 4.78 is 0. The maximum Gasteiger partial charge on any atom is 0.0562 e.